The van der Waals surface area contributed by atoms with Crippen LogP contribution in [0.3, 0.4) is 0 Å². The zero-order chi connectivity index (χ0) is 11.1. The number of hydrogen-bond donors (Lipinski definition) is 0. The first-order valence-electron chi connectivity index (χ1n) is 4.98. The molecule has 0 fully saturated rings. The average Bonchev–Trinajstić information content (AvgIpc) is 2.20. The molecule has 1 aromatic carbocycles. The molecule has 0 aliphatic heterocycles. The first-order chi connectivity index (χ1) is 6.65. The monoisotopic (exact) mass is 258 g/mol. The van der Waals surface area contributed by atoms with Crippen molar-refractivity contribution in [2.75, 3.05) is 7.11 Å². The van der Waals surface area contributed by atoms with E-state index >= 15 is 0 Å². The second-order valence-electron chi connectivity index (χ2n) is 3.04. The zero-order valence-corrected chi connectivity index (χ0v) is 11.2. The first-order valence-corrected chi connectivity index (χ1v) is 5.78. The van der Waals surface area contributed by atoms with Gasteiger partial charge in [-0.25, -0.2) is 0 Å². The highest BCUT2D eigenvalue weighted by Crippen LogP contribution is 2.28. The van der Waals surface area contributed by atoms with Crippen molar-refractivity contribution in [1.29, 1.82) is 0 Å². The Labute approximate surface area is 95.6 Å². The molecule has 0 saturated carbocycles. The molecule has 80 valence electrons. The fraction of sp³-hybridized carbons (Fsp3) is 0.500. The molecule has 0 radical (unpaired) electrons. The topological polar surface area (TPSA) is 9.23 Å². The van der Waals surface area contributed by atoms with Crippen molar-refractivity contribution >= 4 is 15.9 Å². The van der Waals surface area contributed by atoms with Crippen LogP contribution < -0.4 is 4.74 Å². The highest BCUT2D eigenvalue weighted by atomic mass is 79.9. The van der Waals surface area contributed by atoms with Gasteiger partial charge in [0.2, 0.25) is 0 Å². The van der Waals surface area contributed by atoms with Crippen LogP contribution in [0, 0.1) is 0 Å². The van der Waals surface area contributed by atoms with E-state index in [2.05, 4.69) is 35.8 Å². The van der Waals surface area contributed by atoms with Crippen molar-refractivity contribution in [2.45, 2.75) is 33.6 Å². The molecule has 0 atom stereocenters. The Hall–Kier alpha value is -0.500. The second-order valence-corrected chi connectivity index (χ2v) is 3.90. The van der Waals surface area contributed by atoms with E-state index in [9.17, 15) is 0 Å². The van der Waals surface area contributed by atoms with Crippen molar-refractivity contribution in [3.05, 3.63) is 28.2 Å². The van der Waals surface area contributed by atoms with Gasteiger partial charge in [-0.1, -0.05) is 49.7 Å². The van der Waals surface area contributed by atoms with Gasteiger partial charge in [-0.2, -0.15) is 0 Å². The fourth-order valence-electron chi connectivity index (χ4n) is 1.10. The lowest BCUT2D eigenvalue weighted by atomic mass is 10.0. The van der Waals surface area contributed by atoms with E-state index in [-0.39, 0.29) is 0 Å². The molecule has 2 heteroatoms. The third-order valence-corrected chi connectivity index (χ3v) is 2.52. The van der Waals surface area contributed by atoms with E-state index in [0.717, 1.165) is 10.2 Å². The summed E-state index contributed by atoms with van der Waals surface area (Å²) in [5.74, 6) is 1.44. The van der Waals surface area contributed by atoms with Crippen LogP contribution in [0.5, 0.6) is 5.75 Å². The van der Waals surface area contributed by atoms with E-state index < -0.39 is 0 Å². The molecule has 0 saturated heterocycles. The maximum Gasteiger partial charge on any atom is 0.120 e. The van der Waals surface area contributed by atoms with E-state index in [1.807, 2.05) is 26.0 Å². The fourth-order valence-corrected chi connectivity index (χ4v) is 1.92. The largest absolute Gasteiger partial charge is 0.497 e. The minimum atomic E-state index is 0.547. The molecule has 0 aromatic heterocycles. The maximum atomic E-state index is 5.10. The summed E-state index contributed by atoms with van der Waals surface area (Å²) in [5.41, 5.74) is 1.32. The third-order valence-electron chi connectivity index (χ3n) is 1.83. The molecule has 1 rings (SSSR count). The van der Waals surface area contributed by atoms with Crippen LogP contribution in [0.4, 0.5) is 0 Å². The first kappa shape index (κ1) is 13.5. The molecule has 0 unspecified atom stereocenters. The quantitative estimate of drug-likeness (QED) is 0.753. The number of rotatable bonds is 2. The predicted octanol–water partition coefficient (Wildman–Crippen LogP) is 4.61. The van der Waals surface area contributed by atoms with E-state index in [4.69, 9.17) is 4.74 Å². The Bertz CT molecular complexity index is 269. The van der Waals surface area contributed by atoms with Gasteiger partial charge in [0, 0.05) is 4.47 Å². The highest BCUT2D eigenvalue weighted by Gasteiger charge is 2.04. The second kappa shape index (κ2) is 6.88. The summed E-state index contributed by atoms with van der Waals surface area (Å²) in [7, 11) is 1.68. The smallest absolute Gasteiger partial charge is 0.120 e. The van der Waals surface area contributed by atoms with Gasteiger partial charge in [0.1, 0.15) is 5.75 Å². The summed E-state index contributed by atoms with van der Waals surface area (Å²) >= 11 is 3.51. The average molecular weight is 259 g/mol. The van der Waals surface area contributed by atoms with E-state index in [1.54, 1.807) is 7.11 Å². The van der Waals surface area contributed by atoms with Gasteiger partial charge in [0.25, 0.3) is 0 Å². The summed E-state index contributed by atoms with van der Waals surface area (Å²) in [4.78, 5) is 0. The molecular weight excluding hydrogens is 240 g/mol. The van der Waals surface area contributed by atoms with Crippen LogP contribution >= 0.6 is 15.9 Å². The van der Waals surface area contributed by atoms with Crippen LogP contribution in [-0.4, -0.2) is 7.11 Å². The Morgan fingerprint density at radius 2 is 1.79 bits per heavy atom. The van der Waals surface area contributed by atoms with E-state index in [0.29, 0.717) is 5.92 Å². The minimum Gasteiger partial charge on any atom is -0.497 e. The van der Waals surface area contributed by atoms with Crippen molar-refractivity contribution in [3.8, 4) is 5.75 Å². The summed E-state index contributed by atoms with van der Waals surface area (Å²) in [6.07, 6.45) is 0. The number of ether oxygens (including phenoxy) is 1. The van der Waals surface area contributed by atoms with Crippen LogP contribution in [0.15, 0.2) is 22.7 Å². The lowest BCUT2D eigenvalue weighted by Gasteiger charge is -2.09. The normalized spacial score (nSPS) is 9.36. The van der Waals surface area contributed by atoms with Gasteiger partial charge in [-0.05, 0) is 23.6 Å². The van der Waals surface area contributed by atoms with Gasteiger partial charge in [-0.3, -0.25) is 0 Å². The standard InChI is InChI=1S/C10H13BrO.C2H6/c1-7(2)9-5-4-8(12-3)6-10(9)11;1-2/h4-7H,1-3H3;1-2H3. The van der Waals surface area contributed by atoms with Crippen molar-refractivity contribution < 1.29 is 4.74 Å². The number of methoxy groups -OCH3 is 1. The number of benzene rings is 1. The van der Waals surface area contributed by atoms with Crippen molar-refractivity contribution in [3.63, 3.8) is 0 Å². The van der Waals surface area contributed by atoms with Gasteiger partial charge in [0.05, 0.1) is 7.11 Å². The molecule has 1 aromatic rings. The molecule has 0 N–H and O–H groups in total. The van der Waals surface area contributed by atoms with Crippen LogP contribution in [0.2, 0.25) is 0 Å². The van der Waals surface area contributed by atoms with Crippen LogP contribution in [0.25, 0.3) is 0 Å². The molecular formula is C12H19BrO. The highest BCUT2D eigenvalue weighted by molar-refractivity contribution is 9.10. The Morgan fingerprint density at radius 1 is 1.21 bits per heavy atom. The van der Waals surface area contributed by atoms with Gasteiger partial charge in [-0.15, -0.1) is 0 Å². The minimum absolute atomic E-state index is 0.547. The SMILES string of the molecule is CC.COc1ccc(C(C)C)c(Br)c1. The van der Waals surface area contributed by atoms with Crippen LogP contribution in [-0.2, 0) is 0 Å². The molecule has 0 heterocycles. The lowest BCUT2D eigenvalue weighted by Crippen LogP contribution is -1.90. The van der Waals surface area contributed by atoms with Gasteiger partial charge in [0.15, 0.2) is 0 Å². The van der Waals surface area contributed by atoms with Gasteiger partial charge < -0.3 is 4.74 Å². The third kappa shape index (κ3) is 3.70. The summed E-state index contributed by atoms with van der Waals surface area (Å²) < 4.78 is 6.22. The maximum absolute atomic E-state index is 5.10. The molecule has 14 heavy (non-hydrogen) atoms. The molecule has 0 aliphatic carbocycles. The predicted molar refractivity (Wildman–Crippen MR) is 66.1 cm³/mol. The summed E-state index contributed by atoms with van der Waals surface area (Å²) in [6, 6.07) is 6.07. The summed E-state index contributed by atoms with van der Waals surface area (Å²) in [6.45, 7) is 8.35. The van der Waals surface area contributed by atoms with Gasteiger partial charge >= 0.3 is 0 Å². The summed E-state index contributed by atoms with van der Waals surface area (Å²) in [5, 5.41) is 0. The molecule has 0 aliphatic rings. The molecule has 0 spiro atoms. The van der Waals surface area contributed by atoms with Crippen LogP contribution in [0.1, 0.15) is 39.2 Å². The zero-order valence-electron chi connectivity index (χ0n) is 9.60. The molecule has 0 amide bonds. The van der Waals surface area contributed by atoms with Crippen molar-refractivity contribution in [1.82, 2.24) is 0 Å². The van der Waals surface area contributed by atoms with Crippen molar-refractivity contribution in [2.24, 2.45) is 0 Å². The Balaban J connectivity index is 0.000000791. The molecule has 1 nitrogen and oxygen atoms in total. The Kier molecular flexibility index (Phi) is 6.64. The lowest BCUT2D eigenvalue weighted by molar-refractivity contribution is 0.414. The number of halogens is 1. The molecule has 0 bridgehead atoms. The van der Waals surface area contributed by atoms with E-state index in [1.165, 1.54) is 5.56 Å². The number of hydrogen-bond acceptors (Lipinski definition) is 1. The Morgan fingerprint density at radius 3 is 2.14 bits per heavy atom.